The summed E-state index contributed by atoms with van der Waals surface area (Å²) in [7, 11) is 0. The molecule has 0 bridgehead atoms. The van der Waals surface area contributed by atoms with Crippen molar-refractivity contribution >= 4 is 23.6 Å². The first-order chi connectivity index (χ1) is 19.4. The SMILES string of the molecule is CCCCCCCCCCCCCCCCCCOc1cccc(C(=O)C(=O)N(CC(=O)O)CC(=O)OCC)c1. The van der Waals surface area contributed by atoms with Gasteiger partial charge in [0.2, 0.25) is 0 Å². The molecular formula is C32H51NO7. The molecule has 0 fully saturated rings. The Labute approximate surface area is 240 Å². The van der Waals surface area contributed by atoms with Crippen molar-refractivity contribution < 1.29 is 33.8 Å². The van der Waals surface area contributed by atoms with Crippen molar-refractivity contribution in [1.82, 2.24) is 4.90 Å². The predicted molar refractivity (Wildman–Crippen MR) is 157 cm³/mol. The number of unbranched alkanes of at least 4 members (excludes halogenated alkanes) is 15. The van der Waals surface area contributed by atoms with Gasteiger partial charge in [0.25, 0.3) is 11.7 Å². The van der Waals surface area contributed by atoms with Crippen LogP contribution in [0.15, 0.2) is 24.3 Å². The van der Waals surface area contributed by atoms with E-state index in [2.05, 4.69) is 6.92 Å². The van der Waals surface area contributed by atoms with E-state index in [4.69, 9.17) is 14.6 Å². The topological polar surface area (TPSA) is 110 Å². The summed E-state index contributed by atoms with van der Waals surface area (Å²) in [6.07, 6.45) is 20.8. The Bertz CT molecular complexity index is 871. The van der Waals surface area contributed by atoms with Crippen LogP contribution < -0.4 is 4.74 Å². The number of Topliss-reactive ketones (excluding diaryl/α,β-unsaturated/α-hetero) is 1. The maximum absolute atomic E-state index is 12.7. The minimum atomic E-state index is -1.33. The Kier molecular flexibility index (Phi) is 20.1. The number of aliphatic carboxylic acids is 1. The molecule has 0 aliphatic heterocycles. The summed E-state index contributed by atoms with van der Waals surface area (Å²) in [5.74, 6) is -3.62. The number of carbonyl (C=O) groups excluding carboxylic acids is 3. The van der Waals surface area contributed by atoms with E-state index < -0.39 is 36.7 Å². The number of hydrogen-bond donors (Lipinski definition) is 1. The molecule has 0 unspecified atom stereocenters. The van der Waals surface area contributed by atoms with Gasteiger partial charge in [-0.05, 0) is 25.5 Å². The molecule has 8 nitrogen and oxygen atoms in total. The zero-order valence-corrected chi connectivity index (χ0v) is 24.8. The minimum absolute atomic E-state index is 0.0775. The van der Waals surface area contributed by atoms with Crippen LogP contribution in [0.3, 0.4) is 0 Å². The fraction of sp³-hybridized carbons (Fsp3) is 0.688. The van der Waals surface area contributed by atoms with Gasteiger partial charge in [-0.3, -0.25) is 19.2 Å². The van der Waals surface area contributed by atoms with Gasteiger partial charge in [-0.1, -0.05) is 115 Å². The number of nitrogens with zero attached hydrogens (tertiary/aromatic N) is 1. The van der Waals surface area contributed by atoms with E-state index in [0.717, 1.165) is 12.8 Å². The molecule has 1 N–H and O–H groups in total. The zero-order chi connectivity index (χ0) is 29.4. The number of benzene rings is 1. The summed E-state index contributed by atoms with van der Waals surface area (Å²) < 4.78 is 10.5. The number of ether oxygens (including phenoxy) is 2. The van der Waals surface area contributed by atoms with E-state index in [1.165, 1.54) is 102 Å². The molecule has 0 radical (unpaired) electrons. The van der Waals surface area contributed by atoms with Crippen molar-refractivity contribution in [3.63, 3.8) is 0 Å². The summed E-state index contributed by atoms with van der Waals surface area (Å²) in [5, 5.41) is 9.07. The molecule has 226 valence electrons. The van der Waals surface area contributed by atoms with E-state index in [0.29, 0.717) is 17.3 Å². The van der Waals surface area contributed by atoms with Crippen molar-refractivity contribution in [2.75, 3.05) is 26.3 Å². The molecular weight excluding hydrogens is 510 g/mol. The highest BCUT2D eigenvalue weighted by Gasteiger charge is 2.27. The molecule has 1 rings (SSSR count). The van der Waals surface area contributed by atoms with Gasteiger partial charge >= 0.3 is 11.9 Å². The maximum atomic E-state index is 12.7. The molecule has 0 saturated heterocycles. The first kappa shape index (κ1) is 35.1. The van der Waals surface area contributed by atoms with Crippen molar-refractivity contribution in [3.05, 3.63) is 29.8 Å². The monoisotopic (exact) mass is 561 g/mol. The molecule has 0 aromatic heterocycles. The molecule has 0 aliphatic carbocycles. The minimum Gasteiger partial charge on any atom is -0.494 e. The van der Waals surface area contributed by atoms with Gasteiger partial charge in [-0.25, -0.2) is 0 Å². The fourth-order valence-corrected chi connectivity index (χ4v) is 4.56. The van der Waals surface area contributed by atoms with Gasteiger partial charge in [0.15, 0.2) is 0 Å². The number of amides is 1. The summed E-state index contributed by atoms with van der Waals surface area (Å²) >= 11 is 0. The summed E-state index contributed by atoms with van der Waals surface area (Å²) in [5.41, 5.74) is 0.0775. The van der Waals surface area contributed by atoms with Gasteiger partial charge in [-0.15, -0.1) is 0 Å². The Balaban J connectivity index is 2.23. The van der Waals surface area contributed by atoms with Crippen LogP contribution in [-0.4, -0.2) is 59.9 Å². The fourth-order valence-electron chi connectivity index (χ4n) is 4.56. The third-order valence-electron chi connectivity index (χ3n) is 6.80. The molecule has 0 heterocycles. The largest absolute Gasteiger partial charge is 0.494 e. The van der Waals surface area contributed by atoms with E-state index in [1.54, 1.807) is 19.1 Å². The highest BCUT2D eigenvalue weighted by Crippen LogP contribution is 2.17. The van der Waals surface area contributed by atoms with Crippen LogP contribution >= 0.6 is 0 Å². The second kappa shape index (κ2) is 22.9. The Morgan fingerprint density at radius 1 is 0.725 bits per heavy atom. The van der Waals surface area contributed by atoms with Gasteiger partial charge in [-0.2, -0.15) is 0 Å². The number of ketones is 1. The number of rotatable bonds is 25. The van der Waals surface area contributed by atoms with Gasteiger partial charge in [0, 0.05) is 5.56 Å². The van der Waals surface area contributed by atoms with Crippen LogP contribution in [0.2, 0.25) is 0 Å². The molecule has 0 aliphatic rings. The number of hydrogen-bond acceptors (Lipinski definition) is 6. The molecule has 40 heavy (non-hydrogen) atoms. The smallest absolute Gasteiger partial charge is 0.325 e. The van der Waals surface area contributed by atoms with Gasteiger partial charge in [0.05, 0.1) is 13.2 Å². The van der Waals surface area contributed by atoms with Crippen LogP contribution in [0.1, 0.15) is 127 Å². The number of carbonyl (C=O) groups is 4. The Hall–Kier alpha value is -2.90. The number of carboxylic acids is 1. The highest BCUT2D eigenvalue weighted by molar-refractivity contribution is 6.43. The number of carboxylic acid groups (broad SMARTS) is 1. The molecule has 0 atom stereocenters. The summed E-state index contributed by atoms with van der Waals surface area (Å²) in [6, 6.07) is 6.25. The quantitative estimate of drug-likeness (QED) is 0.0593. The van der Waals surface area contributed by atoms with Crippen LogP contribution in [0.5, 0.6) is 5.75 Å². The average Bonchev–Trinajstić information content (AvgIpc) is 2.93. The summed E-state index contributed by atoms with van der Waals surface area (Å²) in [4.78, 5) is 48.9. The van der Waals surface area contributed by atoms with Crippen molar-refractivity contribution in [3.8, 4) is 5.75 Å². The maximum Gasteiger partial charge on any atom is 0.325 e. The third kappa shape index (κ3) is 16.9. The van der Waals surface area contributed by atoms with Crippen LogP contribution in [0, 0.1) is 0 Å². The van der Waals surface area contributed by atoms with Crippen molar-refractivity contribution in [2.24, 2.45) is 0 Å². The van der Waals surface area contributed by atoms with E-state index in [1.807, 2.05) is 0 Å². The van der Waals surface area contributed by atoms with E-state index in [9.17, 15) is 19.2 Å². The third-order valence-corrected chi connectivity index (χ3v) is 6.80. The lowest BCUT2D eigenvalue weighted by Crippen LogP contribution is -2.43. The van der Waals surface area contributed by atoms with Gasteiger partial charge in [0.1, 0.15) is 18.8 Å². The lowest BCUT2D eigenvalue weighted by molar-refractivity contribution is -0.150. The Morgan fingerprint density at radius 3 is 1.75 bits per heavy atom. The van der Waals surface area contributed by atoms with Crippen LogP contribution in [0.4, 0.5) is 0 Å². The lowest BCUT2D eigenvalue weighted by Gasteiger charge is -2.19. The van der Waals surface area contributed by atoms with Crippen LogP contribution in [-0.2, 0) is 19.1 Å². The van der Waals surface area contributed by atoms with E-state index >= 15 is 0 Å². The number of esters is 1. The van der Waals surface area contributed by atoms with Crippen LogP contribution in [0.25, 0.3) is 0 Å². The molecule has 1 amide bonds. The molecule has 8 heteroatoms. The Morgan fingerprint density at radius 2 is 1.25 bits per heavy atom. The van der Waals surface area contributed by atoms with Crippen molar-refractivity contribution in [2.45, 2.75) is 117 Å². The highest BCUT2D eigenvalue weighted by atomic mass is 16.5. The average molecular weight is 562 g/mol. The zero-order valence-electron chi connectivity index (χ0n) is 24.8. The first-order valence-electron chi connectivity index (χ1n) is 15.3. The summed E-state index contributed by atoms with van der Waals surface area (Å²) in [6.45, 7) is 3.06. The molecule has 0 saturated carbocycles. The predicted octanol–water partition coefficient (Wildman–Crippen LogP) is 6.99. The molecule has 1 aromatic carbocycles. The lowest BCUT2D eigenvalue weighted by atomic mass is 10.0. The van der Waals surface area contributed by atoms with E-state index in [-0.39, 0.29) is 12.2 Å². The first-order valence-corrected chi connectivity index (χ1v) is 15.3. The second-order valence-corrected chi connectivity index (χ2v) is 10.4. The second-order valence-electron chi connectivity index (χ2n) is 10.4. The standard InChI is InChI=1S/C32H51NO7/c1-3-5-6-7-8-9-10-11-12-13-14-15-16-17-18-19-23-40-28-22-20-21-27(24-28)31(37)32(38)33(25-29(34)35)26-30(36)39-4-2/h20-22,24H,3-19,23,25-26H2,1-2H3,(H,34,35). The molecule has 0 spiro atoms. The normalized spacial score (nSPS) is 10.8. The molecule has 1 aromatic rings. The van der Waals surface area contributed by atoms with Gasteiger partial charge < -0.3 is 19.5 Å². The van der Waals surface area contributed by atoms with Crippen molar-refractivity contribution in [1.29, 1.82) is 0 Å².